The van der Waals surface area contributed by atoms with Crippen LogP contribution in [0.25, 0.3) is 0 Å². The molecule has 0 saturated carbocycles. The molecule has 0 unspecified atom stereocenters. The third kappa shape index (κ3) is 3.99. The van der Waals surface area contributed by atoms with E-state index >= 15 is 0 Å². The first kappa shape index (κ1) is 15.6. The van der Waals surface area contributed by atoms with Crippen molar-refractivity contribution in [2.45, 2.75) is 17.8 Å². The average molecular weight is 315 g/mol. The molecule has 0 aromatic heterocycles. The molecule has 5 nitrogen and oxygen atoms in total. The van der Waals surface area contributed by atoms with Gasteiger partial charge in [0.15, 0.2) is 0 Å². The highest BCUT2D eigenvalue weighted by atomic mass is 35.7. The van der Waals surface area contributed by atoms with Crippen LogP contribution in [0.4, 0.5) is 13.2 Å². The zero-order valence-corrected chi connectivity index (χ0v) is 10.6. The van der Waals surface area contributed by atoms with Gasteiger partial charge in [0.1, 0.15) is 5.75 Å². The van der Waals surface area contributed by atoms with Gasteiger partial charge in [-0.1, -0.05) is 0 Å². The summed E-state index contributed by atoms with van der Waals surface area (Å²) in [6.45, 7) is -0.378. The summed E-state index contributed by atoms with van der Waals surface area (Å²) in [4.78, 5) is -0.685. The summed E-state index contributed by atoms with van der Waals surface area (Å²) in [5.74, 6) is -0.861. The van der Waals surface area contributed by atoms with Gasteiger partial charge in [0, 0.05) is 28.9 Å². The fraction of sp³-hybridized carbons (Fsp3) is 0.222. The van der Waals surface area contributed by atoms with E-state index in [9.17, 15) is 21.6 Å². The summed E-state index contributed by atoms with van der Waals surface area (Å²) < 4.78 is 62.3. The molecule has 1 rings (SSSR count). The van der Waals surface area contributed by atoms with Gasteiger partial charge in [-0.05, 0) is 6.07 Å². The molecule has 0 amide bonds. The number of halogens is 4. The molecule has 0 heterocycles. The Hall–Kier alpha value is -1.50. The largest absolute Gasteiger partial charge is 0.573 e. The maximum atomic E-state index is 12.1. The lowest BCUT2D eigenvalue weighted by Gasteiger charge is -2.12. The normalized spacial score (nSPS) is 12.0. The van der Waals surface area contributed by atoms with Crippen molar-refractivity contribution in [1.29, 1.82) is 5.26 Å². The Bertz CT molecular complexity index is 637. The van der Waals surface area contributed by atoms with E-state index in [1.807, 2.05) is 0 Å². The summed E-state index contributed by atoms with van der Waals surface area (Å²) in [7, 11) is 0.723. The van der Waals surface area contributed by atoms with Gasteiger partial charge in [0.2, 0.25) is 0 Å². The van der Waals surface area contributed by atoms with Crippen LogP contribution in [0.1, 0.15) is 11.1 Å². The highest BCUT2D eigenvalue weighted by Crippen LogP contribution is 2.31. The van der Waals surface area contributed by atoms with E-state index in [1.54, 1.807) is 0 Å². The van der Waals surface area contributed by atoms with Crippen LogP contribution in [0.2, 0.25) is 0 Å². The topological polar surface area (TPSA) is 93.2 Å². The highest BCUT2D eigenvalue weighted by molar-refractivity contribution is 8.13. The van der Waals surface area contributed by atoms with Crippen molar-refractivity contribution in [2.75, 3.05) is 0 Å². The Morgan fingerprint density at radius 1 is 1.42 bits per heavy atom. The van der Waals surface area contributed by atoms with Crippen LogP contribution in [0.3, 0.4) is 0 Å². The number of hydrogen-bond acceptors (Lipinski definition) is 5. The predicted octanol–water partition coefficient (Wildman–Crippen LogP) is 1.84. The molecule has 0 aliphatic carbocycles. The quantitative estimate of drug-likeness (QED) is 0.859. The van der Waals surface area contributed by atoms with Gasteiger partial charge in [-0.25, -0.2) is 8.42 Å². The third-order valence-electron chi connectivity index (χ3n) is 2.00. The van der Waals surface area contributed by atoms with Crippen LogP contribution in [0, 0.1) is 11.3 Å². The molecule has 0 aliphatic rings. The van der Waals surface area contributed by atoms with E-state index in [1.165, 1.54) is 6.07 Å². The van der Waals surface area contributed by atoms with Gasteiger partial charge < -0.3 is 10.5 Å². The number of nitrogens with zero attached hydrogens (tertiary/aromatic N) is 1. The van der Waals surface area contributed by atoms with E-state index in [4.69, 9.17) is 21.7 Å². The van der Waals surface area contributed by atoms with E-state index in [0.29, 0.717) is 6.07 Å². The molecule has 104 valence electrons. The molecule has 0 atom stereocenters. The summed E-state index contributed by atoms with van der Waals surface area (Å²) in [5.41, 5.74) is 4.73. The summed E-state index contributed by atoms with van der Waals surface area (Å²) in [6, 6.07) is 2.84. The van der Waals surface area contributed by atoms with Gasteiger partial charge >= 0.3 is 6.36 Å². The fourth-order valence-corrected chi connectivity index (χ4v) is 2.50. The molecule has 19 heavy (non-hydrogen) atoms. The van der Waals surface area contributed by atoms with E-state index in [2.05, 4.69) is 4.74 Å². The lowest BCUT2D eigenvalue weighted by Crippen LogP contribution is -2.18. The van der Waals surface area contributed by atoms with Gasteiger partial charge in [-0.2, -0.15) is 5.26 Å². The standard InChI is InChI=1S/C9H6ClF3N2O3S/c10-19(16,17)8-2-6(18-9(11,12)13)1-5(3-14)7(8)4-15/h1-2H,4,15H2. The monoisotopic (exact) mass is 314 g/mol. The van der Waals surface area contributed by atoms with Crippen molar-refractivity contribution >= 4 is 19.7 Å². The first-order valence-corrected chi connectivity index (χ1v) is 6.87. The molecule has 0 saturated heterocycles. The number of hydrogen-bond donors (Lipinski definition) is 1. The van der Waals surface area contributed by atoms with Gasteiger partial charge in [0.05, 0.1) is 16.5 Å². The maximum absolute atomic E-state index is 12.1. The molecular formula is C9H6ClF3N2O3S. The van der Waals surface area contributed by atoms with Gasteiger partial charge in [0.25, 0.3) is 9.05 Å². The third-order valence-corrected chi connectivity index (χ3v) is 3.39. The van der Waals surface area contributed by atoms with Crippen molar-refractivity contribution in [3.05, 3.63) is 23.3 Å². The zero-order valence-electron chi connectivity index (χ0n) is 9.03. The second kappa shape index (κ2) is 5.24. The fourth-order valence-electron chi connectivity index (χ4n) is 1.34. The van der Waals surface area contributed by atoms with Crippen molar-refractivity contribution in [3.8, 4) is 11.8 Å². The highest BCUT2D eigenvalue weighted by Gasteiger charge is 2.32. The van der Waals surface area contributed by atoms with Crippen LogP contribution in [0.5, 0.6) is 5.75 Å². The molecule has 1 aromatic carbocycles. The Balaban J connectivity index is 3.54. The van der Waals surface area contributed by atoms with E-state index in [0.717, 1.165) is 6.07 Å². The Labute approximate surface area is 110 Å². The minimum Gasteiger partial charge on any atom is -0.406 e. The average Bonchev–Trinajstić information content (AvgIpc) is 2.24. The molecule has 1 aromatic rings. The van der Waals surface area contributed by atoms with Crippen molar-refractivity contribution < 1.29 is 26.3 Å². The summed E-state index contributed by atoms with van der Waals surface area (Å²) in [6.07, 6.45) is -5.02. The number of nitrogens with two attached hydrogens (primary N) is 1. The Kier molecular flexibility index (Phi) is 4.29. The molecule has 0 spiro atoms. The zero-order chi connectivity index (χ0) is 14.8. The van der Waals surface area contributed by atoms with Crippen LogP contribution < -0.4 is 10.5 Å². The number of benzene rings is 1. The first-order valence-electron chi connectivity index (χ1n) is 4.56. The van der Waals surface area contributed by atoms with Crippen molar-refractivity contribution in [3.63, 3.8) is 0 Å². The smallest absolute Gasteiger partial charge is 0.406 e. The first-order chi connectivity index (χ1) is 8.58. The summed E-state index contributed by atoms with van der Waals surface area (Å²) >= 11 is 0. The van der Waals surface area contributed by atoms with Crippen LogP contribution in [-0.4, -0.2) is 14.8 Å². The predicted molar refractivity (Wildman–Crippen MR) is 58.8 cm³/mol. The Morgan fingerprint density at radius 3 is 2.37 bits per heavy atom. The van der Waals surface area contributed by atoms with Crippen molar-refractivity contribution in [2.24, 2.45) is 5.73 Å². The van der Waals surface area contributed by atoms with Crippen LogP contribution in [0.15, 0.2) is 17.0 Å². The van der Waals surface area contributed by atoms with Crippen LogP contribution in [-0.2, 0) is 15.6 Å². The van der Waals surface area contributed by atoms with Crippen LogP contribution >= 0.6 is 10.7 Å². The molecule has 2 N–H and O–H groups in total. The van der Waals surface area contributed by atoms with Gasteiger partial charge in [-0.15, -0.1) is 13.2 Å². The number of rotatable bonds is 3. The number of nitriles is 1. The molecule has 0 bridgehead atoms. The minimum atomic E-state index is -5.02. The van der Waals surface area contributed by atoms with E-state index in [-0.39, 0.29) is 17.7 Å². The second-order valence-corrected chi connectivity index (χ2v) is 5.78. The lowest BCUT2D eigenvalue weighted by atomic mass is 10.1. The molecule has 10 heteroatoms. The number of ether oxygens (including phenoxy) is 1. The maximum Gasteiger partial charge on any atom is 0.573 e. The molecule has 0 fully saturated rings. The van der Waals surface area contributed by atoms with Crippen molar-refractivity contribution in [1.82, 2.24) is 0 Å². The van der Waals surface area contributed by atoms with Gasteiger partial charge in [-0.3, -0.25) is 0 Å². The number of alkyl halides is 3. The molecular weight excluding hydrogens is 309 g/mol. The SMILES string of the molecule is N#Cc1cc(OC(F)(F)F)cc(S(=O)(=O)Cl)c1CN. The molecule has 0 aliphatic heterocycles. The van der Waals surface area contributed by atoms with E-state index < -0.39 is 26.1 Å². The molecule has 0 radical (unpaired) electrons. The second-order valence-electron chi connectivity index (χ2n) is 3.25. The Morgan fingerprint density at radius 2 is 2.00 bits per heavy atom. The minimum absolute atomic E-state index is 0.174. The lowest BCUT2D eigenvalue weighted by molar-refractivity contribution is -0.274. The summed E-state index contributed by atoms with van der Waals surface area (Å²) in [5, 5.41) is 8.78.